The number of ether oxygens (including phenoxy) is 9. The van der Waals surface area contributed by atoms with Crippen LogP contribution in [0.25, 0.3) is 21.9 Å². The van der Waals surface area contributed by atoms with Gasteiger partial charge in [0.1, 0.15) is 19.0 Å². The molecule has 0 amide bonds. The van der Waals surface area contributed by atoms with E-state index >= 15 is 0 Å². The Balaban J connectivity index is 0.00000105. The molecule has 3 heterocycles. The summed E-state index contributed by atoms with van der Waals surface area (Å²) in [4.78, 5) is 13.3. The van der Waals surface area contributed by atoms with Gasteiger partial charge in [-0.25, -0.2) is 4.79 Å². The zero-order chi connectivity index (χ0) is 30.1. The van der Waals surface area contributed by atoms with Gasteiger partial charge in [0.2, 0.25) is 13.1 Å². The number of hydrogen-bond donors (Lipinski definition) is 1. The predicted octanol–water partition coefficient (Wildman–Crippen LogP) is 5.31. The fourth-order valence-electron chi connectivity index (χ4n) is 6.10. The average Bonchev–Trinajstić information content (AvgIpc) is 3.73. The molecule has 1 saturated carbocycles. The van der Waals surface area contributed by atoms with E-state index in [1.165, 1.54) is 0 Å². The number of aliphatic hydroxyl groups excluding tert-OH is 1. The molecule has 4 aliphatic rings. The molecule has 1 spiro atoms. The van der Waals surface area contributed by atoms with Gasteiger partial charge in [-0.2, -0.15) is 0 Å². The first-order chi connectivity index (χ1) is 20.9. The van der Waals surface area contributed by atoms with Gasteiger partial charge in [-0.3, -0.25) is 0 Å². The van der Waals surface area contributed by atoms with Gasteiger partial charge in [0, 0.05) is 36.0 Å². The molecule has 1 aliphatic carbocycles. The number of cyclic esters (lactones) is 1. The lowest BCUT2D eigenvalue weighted by Gasteiger charge is -2.28. The summed E-state index contributed by atoms with van der Waals surface area (Å²) in [6.45, 7) is 4.14. The number of fused-ring (bicyclic) bond motifs is 3. The third kappa shape index (κ3) is 5.42. The maximum Gasteiger partial charge on any atom is 0.339 e. The van der Waals surface area contributed by atoms with Gasteiger partial charge in [0.15, 0.2) is 35.1 Å². The first kappa shape index (κ1) is 29.3. The minimum Gasteiger partial charge on any atom is -0.493 e. The Morgan fingerprint density at radius 1 is 0.953 bits per heavy atom. The van der Waals surface area contributed by atoms with Gasteiger partial charge < -0.3 is 47.7 Å². The van der Waals surface area contributed by atoms with Crippen LogP contribution in [0.5, 0.6) is 28.7 Å². The van der Waals surface area contributed by atoms with Crippen LogP contribution in [0.1, 0.15) is 55.5 Å². The first-order valence-corrected chi connectivity index (χ1v) is 14.5. The van der Waals surface area contributed by atoms with Gasteiger partial charge in [0.25, 0.3) is 0 Å². The van der Waals surface area contributed by atoms with Crippen molar-refractivity contribution in [3.8, 4) is 39.9 Å². The van der Waals surface area contributed by atoms with E-state index in [0.717, 1.165) is 36.6 Å². The van der Waals surface area contributed by atoms with E-state index in [0.29, 0.717) is 50.8 Å². The van der Waals surface area contributed by atoms with Crippen LogP contribution in [0.4, 0.5) is 0 Å². The Morgan fingerprint density at radius 2 is 1.65 bits per heavy atom. The van der Waals surface area contributed by atoms with Crippen LogP contribution in [0.2, 0.25) is 0 Å². The normalized spacial score (nSPS) is 21.6. The minimum absolute atomic E-state index is 0.0505. The molecule has 0 aromatic heterocycles. The van der Waals surface area contributed by atoms with E-state index in [1.54, 1.807) is 21.1 Å². The lowest BCUT2D eigenvalue weighted by molar-refractivity contribution is -0.272. The molecule has 3 aromatic rings. The molecule has 2 atom stereocenters. The van der Waals surface area contributed by atoms with Crippen LogP contribution in [-0.2, 0) is 25.6 Å². The maximum atomic E-state index is 13.3. The fourth-order valence-corrected chi connectivity index (χ4v) is 6.10. The molecule has 2 unspecified atom stereocenters. The molecule has 11 nitrogen and oxygen atoms in total. The molecule has 0 bridgehead atoms. The van der Waals surface area contributed by atoms with Gasteiger partial charge in [-0.05, 0) is 61.9 Å². The number of carbonyl (C=O) groups excluding carboxylic acids is 1. The van der Waals surface area contributed by atoms with Crippen molar-refractivity contribution in [2.45, 2.75) is 64.5 Å². The molecular formula is C32H36O11. The minimum atomic E-state index is -0.775. The number of rotatable bonds is 5. The molecule has 3 aliphatic heterocycles. The molecule has 2 fully saturated rings. The SMILES string of the molecule is CCO.COc1cc2c(OC3COC4(CCCC4)OC(C)O3)c3c(c(-c4ccc5c(c4)OCO5)c2cc1OC)C(=O)OC3. The van der Waals surface area contributed by atoms with Crippen molar-refractivity contribution < 1.29 is 52.5 Å². The third-order valence-corrected chi connectivity index (χ3v) is 7.90. The second-order valence-electron chi connectivity index (χ2n) is 10.6. The highest BCUT2D eigenvalue weighted by Crippen LogP contribution is 2.49. The predicted molar refractivity (Wildman–Crippen MR) is 154 cm³/mol. The average molecular weight is 597 g/mol. The number of benzene rings is 3. The monoisotopic (exact) mass is 596 g/mol. The molecule has 11 heteroatoms. The molecule has 230 valence electrons. The van der Waals surface area contributed by atoms with E-state index in [1.807, 2.05) is 37.3 Å². The van der Waals surface area contributed by atoms with Crippen molar-refractivity contribution in [1.82, 2.24) is 0 Å². The molecule has 7 rings (SSSR count). The molecule has 1 saturated heterocycles. The van der Waals surface area contributed by atoms with Crippen molar-refractivity contribution in [3.63, 3.8) is 0 Å². The Hall–Kier alpha value is -3.77. The van der Waals surface area contributed by atoms with E-state index in [4.69, 9.17) is 47.7 Å². The Labute approximate surface area is 249 Å². The van der Waals surface area contributed by atoms with E-state index in [2.05, 4.69) is 0 Å². The van der Waals surface area contributed by atoms with Crippen molar-refractivity contribution in [2.24, 2.45) is 0 Å². The van der Waals surface area contributed by atoms with Gasteiger partial charge in [0.05, 0.1) is 19.8 Å². The Bertz CT molecular complexity index is 1510. The maximum absolute atomic E-state index is 13.3. The van der Waals surface area contributed by atoms with Crippen LogP contribution in [0.3, 0.4) is 0 Å². The lowest BCUT2D eigenvalue weighted by atomic mass is 9.89. The fraction of sp³-hybridized carbons (Fsp3) is 0.469. The lowest BCUT2D eigenvalue weighted by Crippen LogP contribution is -2.34. The van der Waals surface area contributed by atoms with Gasteiger partial charge >= 0.3 is 5.97 Å². The number of esters is 1. The molecule has 43 heavy (non-hydrogen) atoms. The van der Waals surface area contributed by atoms with Crippen molar-refractivity contribution >= 4 is 16.7 Å². The molecule has 0 radical (unpaired) electrons. The zero-order valence-corrected chi connectivity index (χ0v) is 24.7. The summed E-state index contributed by atoms with van der Waals surface area (Å²) in [7, 11) is 3.14. The molecule has 3 aromatic carbocycles. The van der Waals surface area contributed by atoms with Gasteiger partial charge in [-0.1, -0.05) is 6.07 Å². The summed E-state index contributed by atoms with van der Waals surface area (Å²) in [5.41, 5.74) is 2.48. The third-order valence-electron chi connectivity index (χ3n) is 7.90. The smallest absolute Gasteiger partial charge is 0.339 e. The zero-order valence-electron chi connectivity index (χ0n) is 24.7. The summed E-state index contributed by atoms with van der Waals surface area (Å²) in [6.07, 6.45) is 2.40. The topological polar surface area (TPSA) is 120 Å². The van der Waals surface area contributed by atoms with E-state index in [9.17, 15) is 4.79 Å². The number of methoxy groups -OCH3 is 2. The summed E-state index contributed by atoms with van der Waals surface area (Å²) in [5, 5.41) is 8.99. The first-order valence-electron chi connectivity index (χ1n) is 14.5. The van der Waals surface area contributed by atoms with Crippen LogP contribution < -0.4 is 23.7 Å². The number of hydrogen-bond acceptors (Lipinski definition) is 11. The van der Waals surface area contributed by atoms with Crippen molar-refractivity contribution in [3.05, 3.63) is 41.5 Å². The summed E-state index contributed by atoms with van der Waals surface area (Å²) >= 11 is 0. The Morgan fingerprint density at radius 3 is 2.37 bits per heavy atom. The second kappa shape index (κ2) is 12.1. The number of aliphatic hydroxyl groups is 1. The van der Waals surface area contributed by atoms with Gasteiger partial charge in [-0.15, -0.1) is 0 Å². The van der Waals surface area contributed by atoms with Crippen LogP contribution in [0, 0.1) is 0 Å². The van der Waals surface area contributed by atoms with E-state index < -0.39 is 24.3 Å². The highest BCUT2D eigenvalue weighted by atomic mass is 16.8. The van der Waals surface area contributed by atoms with E-state index in [-0.39, 0.29) is 26.6 Å². The summed E-state index contributed by atoms with van der Waals surface area (Å²) < 4.78 is 53.1. The van der Waals surface area contributed by atoms with Crippen LogP contribution >= 0.6 is 0 Å². The highest BCUT2D eigenvalue weighted by molar-refractivity contribution is 6.14. The largest absolute Gasteiger partial charge is 0.493 e. The van der Waals surface area contributed by atoms with Crippen molar-refractivity contribution in [1.29, 1.82) is 0 Å². The molecule has 1 N–H and O–H groups in total. The quantitative estimate of drug-likeness (QED) is 0.386. The number of carbonyl (C=O) groups is 1. The second-order valence-corrected chi connectivity index (χ2v) is 10.6. The standard InChI is InChI=1S/C30H30O10.C2H6O/c1-16-38-25(14-37-30(40-16)8-4-5-9-30)39-28-19-12-23(33-3)22(32-2)11-18(19)26(27-20(28)13-34-29(27)31)17-6-7-21-24(10-17)36-15-35-21;1-2-3/h6-7,10-12,16,25H,4-5,8-9,13-15H2,1-3H3;3H,2H2,1H3. The van der Waals surface area contributed by atoms with Crippen LogP contribution in [0.15, 0.2) is 30.3 Å². The summed E-state index contributed by atoms with van der Waals surface area (Å²) in [5.74, 6) is 1.64. The molecular weight excluding hydrogens is 560 g/mol. The summed E-state index contributed by atoms with van der Waals surface area (Å²) in [6, 6.07) is 9.28. The van der Waals surface area contributed by atoms with Crippen LogP contribution in [-0.4, -0.2) is 63.7 Å². The highest BCUT2D eigenvalue weighted by Gasteiger charge is 2.42. The van der Waals surface area contributed by atoms with Crippen molar-refractivity contribution in [2.75, 3.05) is 34.2 Å². The Kier molecular flexibility index (Phi) is 8.23.